The number of pyridine rings is 1. The Hall–Kier alpha value is -0.930. The van der Waals surface area contributed by atoms with Crippen LogP contribution in [0.25, 0.3) is 0 Å². The molecule has 2 N–H and O–H groups in total. The first-order valence-electron chi connectivity index (χ1n) is 5.78. The Morgan fingerprint density at radius 1 is 1.53 bits per heavy atom. The summed E-state index contributed by atoms with van der Waals surface area (Å²) in [7, 11) is 0. The van der Waals surface area contributed by atoms with Crippen molar-refractivity contribution in [2.45, 2.75) is 25.3 Å². The van der Waals surface area contributed by atoms with Gasteiger partial charge in [-0.15, -0.1) is 0 Å². The zero-order valence-electron chi connectivity index (χ0n) is 9.08. The molecule has 1 aliphatic rings. The van der Waals surface area contributed by atoms with Gasteiger partial charge in [-0.1, -0.05) is 6.07 Å². The largest absolute Gasteiger partial charge is 0.315 e. The van der Waals surface area contributed by atoms with Crippen molar-refractivity contribution in [1.29, 1.82) is 0 Å². The lowest BCUT2D eigenvalue weighted by molar-refractivity contribution is 0.537. The molecule has 1 fully saturated rings. The summed E-state index contributed by atoms with van der Waals surface area (Å²) < 4.78 is 0. The maximum absolute atomic E-state index is 4.10. The van der Waals surface area contributed by atoms with E-state index in [-0.39, 0.29) is 0 Å². The molecule has 1 saturated heterocycles. The molecule has 1 atom stereocenters. The van der Waals surface area contributed by atoms with E-state index in [4.69, 9.17) is 0 Å². The highest BCUT2D eigenvalue weighted by Gasteiger charge is 2.12. The van der Waals surface area contributed by atoms with E-state index in [1.165, 1.54) is 24.9 Å². The van der Waals surface area contributed by atoms with Gasteiger partial charge in [0.05, 0.1) is 0 Å². The van der Waals surface area contributed by atoms with Crippen molar-refractivity contribution in [1.82, 2.24) is 15.6 Å². The summed E-state index contributed by atoms with van der Waals surface area (Å²) in [6, 6.07) is 4.81. The van der Waals surface area contributed by atoms with E-state index in [1.807, 2.05) is 18.5 Å². The fourth-order valence-corrected chi connectivity index (χ4v) is 1.99. The number of nitrogens with zero attached hydrogens (tertiary/aromatic N) is 1. The molecule has 0 radical (unpaired) electrons. The molecule has 3 heteroatoms. The molecule has 0 aromatic carbocycles. The van der Waals surface area contributed by atoms with Crippen molar-refractivity contribution in [3.8, 4) is 0 Å². The van der Waals surface area contributed by atoms with Crippen molar-refractivity contribution in [3.05, 3.63) is 30.1 Å². The molecule has 15 heavy (non-hydrogen) atoms. The highest BCUT2D eigenvalue weighted by atomic mass is 15.0. The topological polar surface area (TPSA) is 37.0 Å². The third-order valence-corrected chi connectivity index (χ3v) is 2.87. The molecule has 0 saturated carbocycles. The third kappa shape index (κ3) is 3.61. The molecule has 0 amide bonds. The fraction of sp³-hybridized carbons (Fsp3) is 0.583. The van der Waals surface area contributed by atoms with E-state index in [2.05, 4.69) is 21.7 Å². The van der Waals surface area contributed by atoms with Crippen molar-refractivity contribution in [2.24, 2.45) is 0 Å². The maximum atomic E-state index is 4.10. The molecular formula is C12H19N3. The summed E-state index contributed by atoms with van der Waals surface area (Å²) in [5.74, 6) is 0. The Balaban J connectivity index is 1.59. The highest BCUT2D eigenvalue weighted by molar-refractivity contribution is 5.08. The lowest BCUT2D eigenvalue weighted by Gasteiger charge is -2.10. The van der Waals surface area contributed by atoms with E-state index < -0.39 is 0 Å². The zero-order valence-corrected chi connectivity index (χ0v) is 9.08. The van der Waals surface area contributed by atoms with Gasteiger partial charge in [0.25, 0.3) is 0 Å². The normalized spacial score (nSPS) is 20.7. The Morgan fingerprint density at radius 2 is 2.53 bits per heavy atom. The first kappa shape index (κ1) is 10.6. The molecular weight excluding hydrogens is 186 g/mol. The molecule has 0 aliphatic carbocycles. The Kier molecular flexibility index (Phi) is 4.11. The lowest BCUT2D eigenvalue weighted by atomic mass is 10.2. The molecule has 3 nitrogen and oxygen atoms in total. The number of aromatic nitrogens is 1. The summed E-state index contributed by atoms with van der Waals surface area (Å²) in [5.41, 5.74) is 1.31. The predicted molar refractivity (Wildman–Crippen MR) is 61.8 cm³/mol. The molecule has 1 aromatic rings. The van der Waals surface area contributed by atoms with Crippen LogP contribution in [0.4, 0.5) is 0 Å². The number of hydrogen-bond donors (Lipinski definition) is 2. The minimum absolute atomic E-state index is 0.693. The summed E-state index contributed by atoms with van der Waals surface area (Å²) in [4.78, 5) is 4.10. The van der Waals surface area contributed by atoms with Crippen LogP contribution in [0, 0.1) is 0 Å². The van der Waals surface area contributed by atoms with Crippen LogP contribution in [-0.2, 0) is 6.42 Å². The second-order valence-electron chi connectivity index (χ2n) is 4.11. The van der Waals surface area contributed by atoms with Crippen LogP contribution in [0.15, 0.2) is 24.5 Å². The minimum Gasteiger partial charge on any atom is -0.315 e. The molecule has 1 aromatic heterocycles. The first-order valence-corrected chi connectivity index (χ1v) is 5.78. The van der Waals surface area contributed by atoms with Gasteiger partial charge in [-0.05, 0) is 44.0 Å². The standard InChI is InChI=1S/C12H19N3/c1-3-11(9-13-6-1)5-8-14-10-12-4-2-7-15-12/h1,3,6,9,12,14-15H,2,4-5,7-8,10H2. The van der Waals surface area contributed by atoms with Crippen LogP contribution in [0.1, 0.15) is 18.4 Å². The summed E-state index contributed by atoms with van der Waals surface area (Å²) in [5, 5.41) is 6.97. The van der Waals surface area contributed by atoms with Gasteiger partial charge in [-0.3, -0.25) is 4.98 Å². The second kappa shape index (κ2) is 5.83. The highest BCUT2D eigenvalue weighted by Crippen LogP contribution is 2.03. The van der Waals surface area contributed by atoms with Gasteiger partial charge in [0.1, 0.15) is 0 Å². The minimum atomic E-state index is 0.693. The molecule has 82 valence electrons. The van der Waals surface area contributed by atoms with E-state index in [0.29, 0.717) is 6.04 Å². The van der Waals surface area contributed by atoms with Crippen LogP contribution in [0.5, 0.6) is 0 Å². The van der Waals surface area contributed by atoms with Crippen LogP contribution in [0.3, 0.4) is 0 Å². The molecule has 1 unspecified atom stereocenters. The van der Waals surface area contributed by atoms with Crippen LogP contribution < -0.4 is 10.6 Å². The van der Waals surface area contributed by atoms with Gasteiger partial charge in [0.2, 0.25) is 0 Å². The third-order valence-electron chi connectivity index (χ3n) is 2.87. The van der Waals surface area contributed by atoms with Crippen molar-refractivity contribution >= 4 is 0 Å². The molecule has 0 spiro atoms. The Bertz CT molecular complexity index is 267. The van der Waals surface area contributed by atoms with Gasteiger partial charge < -0.3 is 10.6 Å². The van der Waals surface area contributed by atoms with Gasteiger partial charge >= 0.3 is 0 Å². The molecule has 1 aliphatic heterocycles. The Morgan fingerprint density at radius 3 is 3.27 bits per heavy atom. The average Bonchev–Trinajstić information content (AvgIpc) is 2.79. The smallest absolute Gasteiger partial charge is 0.0300 e. The van der Waals surface area contributed by atoms with Gasteiger partial charge in [-0.2, -0.15) is 0 Å². The fourth-order valence-electron chi connectivity index (χ4n) is 1.99. The molecule has 2 heterocycles. The van der Waals surface area contributed by atoms with Gasteiger partial charge in [-0.25, -0.2) is 0 Å². The summed E-state index contributed by atoms with van der Waals surface area (Å²) in [6.45, 7) is 3.33. The van der Waals surface area contributed by atoms with Crippen LogP contribution in [-0.4, -0.2) is 30.7 Å². The van der Waals surface area contributed by atoms with Gasteiger partial charge in [0.15, 0.2) is 0 Å². The van der Waals surface area contributed by atoms with Crippen molar-refractivity contribution in [2.75, 3.05) is 19.6 Å². The number of rotatable bonds is 5. The Labute approximate surface area is 91.3 Å². The SMILES string of the molecule is c1cncc(CCNCC2CCCN2)c1. The number of hydrogen-bond acceptors (Lipinski definition) is 3. The molecule has 2 rings (SSSR count). The first-order chi connectivity index (χ1) is 7.45. The van der Waals surface area contributed by atoms with E-state index >= 15 is 0 Å². The molecule has 0 bridgehead atoms. The van der Waals surface area contributed by atoms with Crippen LogP contribution in [0.2, 0.25) is 0 Å². The van der Waals surface area contributed by atoms with E-state index in [9.17, 15) is 0 Å². The van der Waals surface area contributed by atoms with Crippen molar-refractivity contribution in [3.63, 3.8) is 0 Å². The average molecular weight is 205 g/mol. The number of nitrogens with one attached hydrogen (secondary N) is 2. The second-order valence-corrected chi connectivity index (χ2v) is 4.11. The quantitative estimate of drug-likeness (QED) is 0.703. The van der Waals surface area contributed by atoms with Crippen molar-refractivity contribution < 1.29 is 0 Å². The van der Waals surface area contributed by atoms with Crippen LogP contribution >= 0.6 is 0 Å². The van der Waals surface area contributed by atoms with E-state index in [1.54, 1.807) is 0 Å². The van der Waals surface area contributed by atoms with E-state index in [0.717, 1.165) is 19.5 Å². The lowest BCUT2D eigenvalue weighted by Crippen LogP contribution is -2.34. The maximum Gasteiger partial charge on any atom is 0.0300 e. The van der Waals surface area contributed by atoms with Gasteiger partial charge in [0, 0.05) is 25.0 Å². The monoisotopic (exact) mass is 205 g/mol. The summed E-state index contributed by atoms with van der Waals surface area (Å²) in [6.07, 6.45) is 7.48. The summed E-state index contributed by atoms with van der Waals surface area (Å²) >= 11 is 0. The zero-order chi connectivity index (χ0) is 10.3. The predicted octanol–water partition coefficient (Wildman–Crippen LogP) is 0.966.